The van der Waals surface area contributed by atoms with Crippen LogP contribution in [0.1, 0.15) is 51.9 Å². The maximum atomic E-state index is 3.68. The molecule has 0 aromatic heterocycles. The van der Waals surface area contributed by atoms with Crippen molar-refractivity contribution in [1.29, 1.82) is 0 Å². The zero-order chi connectivity index (χ0) is 9.80. The van der Waals surface area contributed by atoms with Crippen molar-refractivity contribution in [2.45, 2.75) is 57.9 Å². The van der Waals surface area contributed by atoms with Gasteiger partial charge in [0.15, 0.2) is 0 Å². The standard InChI is InChI=1S/C13H23N/c1-2-11-8-9-14-13(10-11)12-6-4-3-5-7-12/h8,12-14H,2-7,9-10H2,1H3. The highest BCUT2D eigenvalue weighted by Gasteiger charge is 2.24. The summed E-state index contributed by atoms with van der Waals surface area (Å²) in [7, 11) is 0. The van der Waals surface area contributed by atoms with Crippen molar-refractivity contribution in [3.63, 3.8) is 0 Å². The van der Waals surface area contributed by atoms with E-state index in [4.69, 9.17) is 0 Å². The van der Waals surface area contributed by atoms with Gasteiger partial charge in [0.25, 0.3) is 0 Å². The molecule has 1 aliphatic carbocycles. The Kier molecular flexibility index (Phi) is 3.63. The SMILES string of the molecule is CCC1=CCNC(C2CCCCC2)C1. The lowest BCUT2D eigenvalue weighted by Gasteiger charge is -2.33. The summed E-state index contributed by atoms with van der Waals surface area (Å²) in [6.07, 6.45) is 12.3. The Hall–Kier alpha value is -0.300. The fourth-order valence-electron chi connectivity index (χ4n) is 2.95. The minimum Gasteiger partial charge on any atom is -0.310 e. The van der Waals surface area contributed by atoms with Crippen LogP contribution in [0.2, 0.25) is 0 Å². The average Bonchev–Trinajstić information content (AvgIpc) is 2.30. The van der Waals surface area contributed by atoms with Crippen molar-refractivity contribution in [2.75, 3.05) is 6.54 Å². The molecule has 0 radical (unpaired) electrons. The summed E-state index contributed by atoms with van der Waals surface area (Å²) in [6.45, 7) is 3.40. The van der Waals surface area contributed by atoms with Crippen LogP contribution in [0.3, 0.4) is 0 Å². The average molecular weight is 193 g/mol. The van der Waals surface area contributed by atoms with Crippen LogP contribution < -0.4 is 5.32 Å². The molecule has 0 aromatic carbocycles. The molecule has 0 saturated heterocycles. The second-order valence-electron chi connectivity index (χ2n) is 4.83. The molecule has 2 rings (SSSR count). The van der Waals surface area contributed by atoms with Gasteiger partial charge < -0.3 is 5.32 Å². The van der Waals surface area contributed by atoms with Crippen molar-refractivity contribution in [3.8, 4) is 0 Å². The largest absolute Gasteiger partial charge is 0.310 e. The van der Waals surface area contributed by atoms with E-state index < -0.39 is 0 Å². The Balaban J connectivity index is 1.88. The summed E-state index contributed by atoms with van der Waals surface area (Å²) >= 11 is 0. The monoisotopic (exact) mass is 193 g/mol. The van der Waals surface area contributed by atoms with E-state index in [1.54, 1.807) is 5.57 Å². The number of nitrogens with one attached hydrogen (secondary N) is 1. The van der Waals surface area contributed by atoms with Crippen molar-refractivity contribution in [3.05, 3.63) is 11.6 Å². The lowest BCUT2D eigenvalue weighted by molar-refractivity contribution is 0.265. The summed E-state index contributed by atoms with van der Waals surface area (Å²) in [5.41, 5.74) is 1.68. The fourth-order valence-corrected chi connectivity index (χ4v) is 2.95. The quantitative estimate of drug-likeness (QED) is 0.664. The smallest absolute Gasteiger partial charge is 0.0140 e. The summed E-state index contributed by atoms with van der Waals surface area (Å²) in [5.74, 6) is 0.971. The second-order valence-corrected chi connectivity index (χ2v) is 4.83. The highest BCUT2D eigenvalue weighted by atomic mass is 14.9. The Labute approximate surface area is 88.0 Å². The molecule has 1 saturated carbocycles. The third-order valence-corrected chi connectivity index (χ3v) is 3.93. The lowest BCUT2D eigenvalue weighted by atomic mass is 9.80. The third kappa shape index (κ3) is 2.38. The molecular weight excluding hydrogens is 170 g/mol. The molecule has 1 aliphatic heterocycles. The van der Waals surface area contributed by atoms with Crippen LogP contribution >= 0.6 is 0 Å². The number of hydrogen-bond acceptors (Lipinski definition) is 1. The van der Waals surface area contributed by atoms with Gasteiger partial charge in [-0.25, -0.2) is 0 Å². The molecule has 1 nitrogen and oxygen atoms in total. The molecule has 80 valence electrons. The van der Waals surface area contributed by atoms with Crippen LogP contribution in [0.15, 0.2) is 11.6 Å². The highest BCUT2D eigenvalue weighted by Crippen LogP contribution is 2.30. The predicted octanol–water partition coefficient (Wildman–Crippen LogP) is 3.27. The van der Waals surface area contributed by atoms with Crippen LogP contribution in [0.4, 0.5) is 0 Å². The molecule has 0 amide bonds. The zero-order valence-electron chi connectivity index (χ0n) is 9.39. The zero-order valence-corrected chi connectivity index (χ0v) is 9.39. The van der Waals surface area contributed by atoms with E-state index in [0.717, 1.165) is 18.5 Å². The molecular formula is C13H23N. The van der Waals surface area contributed by atoms with E-state index in [1.165, 1.54) is 44.9 Å². The topological polar surface area (TPSA) is 12.0 Å². The van der Waals surface area contributed by atoms with Crippen LogP contribution in [0.25, 0.3) is 0 Å². The van der Waals surface area contributed by atoms with Gasteiger partial charge >= 0.3 is 0 Å². The number of hydrogen-bond donors (Lipinski definition) is 1. The molecule has 14 heavy (non-hydrogen) atoms. The van der Waals surface area contributed by atoms with Gasteiger partial charge in [-0.05, 0) is 31.6 Å². The normalized spacial score (nSPS) is 30.1. The lowest BCUT2D eigenvalue weighted by Crippen LogP contribution is -2.40. The van der Waals surface area contributed by atoms with Crippen LogP contribution in [0.5, 0.6) is 0 Å². The molecule has 1 fully saturated rings. The number of rotatable bonds is 2. The van der Waals surface area contributed by atoms with Crippen LogP contribution in [-0.4, -0.2) is 12.6 Å². The molecule has 1 heteroatoms. The van der Waals surface area contributed by atoms with Gasteiger partial charge in [0.05, 0.1) is 0 Å². The summed E-state index contributed by atoms with van der Waals surface area (Å²) < 4.78 is 0. The first-order valence-electron chi connectivity index (χ1n) is 6.31. The van der Waals surface area contributed by atoms with E-state index >= 15 is 0 Å². The first-order valence-corrected chi connectivity index (χ1v) is 6.31. The van der Waals surface area contributed by atoms with E-state index in [9.17, 15) is 0 Å². The van der Waals surface area contributed by atoms with Gasteiger partial charge in [-0.1, -0.05) is 37.8 Å². The molecule has 1 unspecified atom stereocenters. The van der Waals surface area contributed by atoms with Gasteiger partial charge in [0.2, 0.25) is 0 Å². The summed E-state index contributed by atoms with van der Waals surface area (Å²) in [6, 6.07) is 0.801. The molecule has 2 aliphatic rings. The highest BCUT2D eigenvalue weighted by molar-refractivity contribution is 5.09. The molecule has 0 aromatic rings. The molecule has 0 spiro atoms. The Morgan fingerprint density at radius 1 is 1.29 bits per heavy atom. The van der Waals surface area contributed by atoms with E-state index in [1.807, 2.05) is 0 Å². The molecule has 1 N–H and O–H groups in total. The fraction of sp³-hybridized carbons (Fsp3) is 0.846. The molecule has 0 bridgehead atoms. The molecule has 1 atom stereocenters. The van der Waals surface area contributed by atoms with E-state index in [-0.39, 0.29) is 0 Å². The van der Waals surface area contributed by atoms with Gasteiger partial charge in [-0.2, -0.15) is 0 Å². The molecule has 1 heterocycles. The van der Waals surface area contributed by atoms with Gasteiger partial charge in [-0.15, -0.1) is 0 Å². The van der Waals surface area contributed by atoms with Crippen molar-refractivity contribution >= 4 is 0 Å². The van der Waals surface area contributed by atoms with E-state index in [2.05, 4.69) is 18.3 Å². The Morgan fingerprint density at radius 3 is 2.79 bits per heavy atom. The summed E-state index contributed by atoms with van der Waals surface area (Å²) in [4.78, 5) is 0. The van der Waals surface area contributed by atoms with Crippen molar-refractivity contribution < 1.29 is 0 Å². The summed E-state index contributed by atoms with van der Waals surface area (Å²) in [5, 5.41) is 3.68. The Bertz CT molecular complexity index is 201. The van der Waals surface area contributed by atoms with Crippen molar-refractivity contribution in [1.82, 2.24) is 5.32 Å². The Morgan fingerprint density at radius 2 is 2.07 bits per heavy atom. The second kappa shape index (κ2) is 4.97. The van der Waals surface area contributed by atoms with Crippen LogP contribution in [0, 0.1) is 5.92 Å². The van der Waals surface area contributed by atoms with Crippen molar-refractivity contribution in [2.24, 2.45) is 5.92 Å². The predicted molar refractivity (Wildman–Crippen MR) is 61.4 cm³/mol. The minimum atomic E-state index is 0.801. The van der Waals surface area contributed by atoms with Crippen LogP contribution in [-0.2, 0) is 0 Å². The maximum absolute atomic E-state index is 3.68. The maximum Gasteiger partial charge on any atom is 0.0140 e. The van der Waals surface area contributed by atoms with Gasteiger partial charge in [0.1, 0.15) is 0 Å². The first-order chi connectivity index (χ1) is 6.90. The van der Waals surface area contributed by atoms with Gasteiger partial charge in [0, 0.05) is 12.6 Å². The minimum absolute atomic E-state index is 0.801. The third-order valence-electron chi connectivity index (χ3n) is 3.93. The van der Waals surface area contributed by atoms with E-state index in [0.29, 0.717) is 0 Å². The van der Waals surface area contributed by atoms with Gasteiger partial charge in [-0.3, -0.25) is 0 Å². The first kappa shape index (κ1) is 10.2.